The summed E-state index contributed by atoms with van der Waals surface area (Å²) in [6.45, 7) is 10.5. The van der Waals surface area contributed by atoms with Crippen molar-refractivity contribution in [3.63, 3.8) is 0 Å². The number of benzene rings is 2. The monoisotopic (exact) mass is 613 g/mol. The number of carbonyl (C=O) groups is 2. The minimum absolute atomic E-state index is 0.118. The van der Waals surface area contributed by atoms with Gasteiger partial charge in [0.2, 0.25) is 0 Å². The van der Waals surface area contributed by atoms with E-state index in [-0.39, 0.29) is 35.5 Å². The number of halogens is 3. The Morgan fingerprint density at radius 3 is 2.20 bits per heavy atom. The van der Waals surface area contributed by atoms with Crippen LogP contribution in [-0.4, -0.2) is 54.3 Å². The van der Waals surface area contributed by atoms with Gasteiger partial charge in [0.15, 0.2) is 0 Å². The zero-order valence-corrected chi connectivity index (χ0v) is 25.6. The highest BCUT2D eigenvalue weighted by molar-refractivity contribution is 7.87. The van der Waals surface area contributed by atoms with E-state index in [9.17, 15) is 31.2 Å². The lowest BCUT2D eigenvalue weighted by Gasteiger charge is -2.33. The lowest BCUT2D eigenvalue weighted by atomic mass is 9.75. The van der Waals surface area contributed by atoms with Crippen LogP contribution in [0, 0.1) is 0 Å². The Labute approximate surface area is 239 Å². The maximum atomic E-state index is 13.7. The van der Waals surface area contributed by atoms with Crippen LogP contribution < -0.4 is 4.90 Å². The summed E-state index contributed by atoms with van der Waals surface area (Å²) in [7, 11) is -6.13. The summed E-state index contributed by atoms with van der Waals surface area (Å²) < 4.78 is 78.2. The summed E-state index contributed by atoms with van der Waals surface area (Å²) in [5.74, 6) is -1.53. The number of methoxy groups -OCH3 is 1. The van der Waals surface area contributed by atoms with E-state index in [0.717, 1.165) is 6.04 Å². The minimum Gasteiger partial charge on any atom is -0.465 e. The first-order valence-corrected chi connectivity index (χ1v) is 17.9. The minimum atomic E-state index is -5.92. The molecule has 0 atom stereocenters. The largest absolute Gasteiger partial charge is 0.534 e. The van der Waals surface area contributed by atoms with Crippen LogP contribution >= 0.6 is 0 Å². The molecule has 0 unspecified atom stereocenters. The fourth-order valence-corrected chi connectivity index (χ4v) is 5.36. The number of fused-ring (bicyclic) bond motifs is 1. The molecular formula is C28H34F3NO7SSi. The molecule has 0 saturated carbocycles. The molecular weight excluding hydrogens is 579 g/mol. The number of anilines is 1. The first kappa shape index (κ1) is 32.4. The van der Waals surface area contributed by atoms with Crippen LogP contribution in [0.4, 0.5) is 18.9 Å². The van der Waals surface area contributed by atoms with Gasteiger partial charge in [-0.25, -0.2) is 4.79 Å². The molecule has 2 aromatic carbocycles. The van der Waals surface area contributed by atoms with Crippen LogP contribution in [-0.2, 0) is 29.2 Å². The molecule has 1 amide bonds. The summed E-state index contributed by atoms with van der Waals surface area (Å²) in [4.78, 5) is 26.8. The van der Waals surface area contributed by atoms with E-state index in [0.29, 0.717) is 12.2 Å². The molecule has 1 aliphatic carbocycles. The number of carbonyl (C=O) groups excluding carboxylic acids is 2. The van der Waals surface area contributed by atoms with E-state index in [1.807, 2.05) is 13.8 Å². The van der Waals surface area contributed by atoms with E-state index in [1.165, 1.54) is 48.4 Å². The molecule has 8 nitrogen and oxygen atoms in total. The highest BCUT2D eigenvalue weighted by Crippen LogP contribution is 2.42. The van der Waals surface area contributed by atoms with Crippen molar-refractivity contribution in [1.29, 1.82) is 0 Å². The average molecular weight is 614 g/mol. The standard InChI is InChI=1S/C28H34F3NO7SSi/c1-27(2)14-13-24(39-40(35,36)28(29,30)31)22-17-21(11-12-23(22)27)32(18-38-15-16-41(4,5)6)25(33)19-7-9-20(10-8-19)26(34)37-3/h7-13,17H,14-16,18H2,1-6H3. The third kappa shape index (κ3) is 7.77. The van der Waals surface area contributed by atoms with Crippen molar-refractivity contribution >= 4 is 41.5 Å². The molecule has 0 fully saturated rings. The van der Waals surface area contributed by atoms with E-state index in [1.54, 1.807) is 12.1 Å². The lowest BCUT2D eigenvalue weighted by Crippen LogP contribution is -2.34. The molecule has 0 N–H and O–H groups in total. The molecule has 0 bridgehead atoms. The van der Waals surface area contributed by atoms with Gasteiger partial charge in [-0.1, -0.05) is 39.6 Å². The van der Waals surface area contributed by atoms with Gasteiger partial charge < -0.3 is 13.7 Å². The predicted molar refractivity (Wildman–Crippen MR) is 152 cm³/mol. The van der Waals surface area contributed by atoms with E-state index >= 15 is 0 Å². The Hall–Kier alpha value is -3.16. The number of nitrogens with zero attached hydrogens (tertiary/aromatic N) is 1. The Kier molecular flexibility index (Phi) is 9.45. The molecule has 13 heteroatoms. The highest BCUT2D eigenvalue weighted by Gasteiger charge is 2.49. The normalized spacial score (nSPS) is 15.0. The van der Waals surface area contributed by atoms with Crippen molar-refractivity contribution in [3.8, 4) is 0 Å². The topological polar surface area (TPSA) is 99.2 Å². The Balaban J connectivity index is 2.04. The SMILES string of the molecule is COC(=O)c1ccc(C(=O)N(COCC[Si](C)(C)C)c2ccc3c(c2)C(OS(=O)(=O)C(F)(F)F)=CCC3(C)C)cc1. The van der Waals surface area contributed by atoms with Gasteiger partial charge in [0.05, 0.1) is 12.7 Å². The summed E-state index contributed by atoms with van der Waals surface area (Å²) >= 11 is 0. The van der Waals surface area contributed by atoms with Gasteiger partial charge in [-0.15, -0.1) is 0 Å². The molecule has 0 aromatic heterocycles. The maximum absolute atomic E-state index is 13.7. The van der Waals surface area contributed by atoms with Crippen LogP contribution in [0.15, 0.2) is 48.5 Å². The van der Waals surface area contributed by atoms with Gasteiger partial charge in [-0.3, -0.25) is 9.69 Å². The van der Waals surface area contributed by atoms with Crippen molar-refractivity contribution in [2.75, 3.05) is 25.3 Å². The smallest absolute Gasteiger partial charge is 0.465 e. The second-order valence-corrected chi connectivity index (χ2v) is 18.7. The van der Waals surface area contributed by atoms with Gasteiger partial charge in [-0.2, -0.15) is 21.6 Å². The number of amides is 1. The summed E-state index contributed by atoms with van der Waals surface area (Å²) in [6, 6.07) is 11.3. The number of rotatable bonds is 10. The van der Waals surface area contributed by atoms with Crippen molar-refractivity contribution in [1.82, 2.24) is 0 Å². The predicted octanol–water partition coefficient (Wildman–Crippen LogP) is 6.32. The van der Waals surface area contributed by atoms with E-state index < -0.39 is 46.8 Å². The summed E-state index contributed by atoms with van der Waals surface area (Å²) in [6.07, 6.45) is 1.54. The van der Waals surface area contributed by atoms with Crippen molar-refractivity contribution in [3.05, 3.63) is 70.8 Å². The fourth-order valence-electron chi connectivity index (χ4n) is 4.11. The third-order valence-corrected chi connectivity index (χ3v) is 9.28. The van der Waals surface area contributed by atoms with Gasteiger partial charge in [0, 0.05) is 31.5 Å². The number of alkyl halides is 3. The molecule has 41 heavy (non-hydrogen) atoms. The second-order valence-electron chi connectivity index (χ2n) is 11.5. The molecule has 0 radical (unpaired) electrons. The van der Waals surface area contributed by atoms with Crippen LogP contribution in [0.2, 0.25) is 25.7 Å². The first-order valence-electron chi connectivity index (χ1n) is 12.8. The molecule has 224 valence electrons. The van der Waals surface area contributed by atoms with E-state index in [2.05, 4.69) is 23.8 Å². The Bertz CT molecular complexity index is 1430. The molecule has 0 spiro atoms. The Morgan fingerprint density at radius 1 is 1.02 bits per heavy atom. The highest BCUT2D eigenvalue weighted by atomic mass is 32.2. The van der Waals surface area contributed by atoms with Crippen molar-refractivity contribution in [2.24, 2.45) is 0 Å². The van der Waals surface area contributed by atoms with Crippen LogP contribution in [0.3, 0.4) is 0 Å². The van der Waals surface area contributed by atoms with Gasteiger partial charge in [0.25, 0.3) is 5.91 Å². The fraction of sp³-hybridized carbons (Fsp3) is 0.429. The van der Waals surface area contributed by atoms with Gasteiger partial charge in [-0.05, 0) is 65.9 Å². The first-order chi connectivity index (χ1) is 18.9. The van der Waals surface area contributed by atoms with Crippen molar-refractivity contribution < 1.29 is 44.8 Å². The average Bonchev–Trinajstić information content (AvgIpc) is 2.88. The maximum Gasteiger partial charge on any atom is 0.534 e. The summed E-state index contributed by atoms with van der Waals surface area (Å²) in [5, 5.41) is 0. The number of hydrogen-bond donors (Lipinski definition) is 0. The molecule has 3 rings (SSSR count). The van der Waals surface area contributed by atoms with Crippen molar-refractivity contribution in [2.45, 2.75) is 56.9 Å². The molecule has 0 aliphatic heterocycles. The van der Waals surface area contributed by atoms with Crippen LogP contribution in [0.1, 0.15) is 52.1 Å². The van der Waals surface area contributed by atoms with Gasteiger partial charge >= 0.3 is 21.6 Å². The quantitative estimate of drug-likeness (QED) is 0.0772. The van der Waals surface area contributed by atoms with Gasteiger partial charge in [0.1, 0.15) is 12.5 Å². The third-order valence-electron chi connectivity index (χ3n) is 6.61. The second kappa shape index (κ2) is 12.0. The van der Waals surface area contributed by atoms with E-state index in [4.69, 9.17) is 9.47 Å². The molecule has 2 aromatic rings. The zero-order chi connectivity index (χ0) is 30.8. The van der Waals surface area contributed by atoms with Crippen LogP contribution in [0.5, 0.6) is 0 Å². The molecule has 0 heterocycles. The molecule has 1 aliphatic rings. The molecule has 0 saturated heterocycles. The number of hydrogen-bond acceptors (Lipinski definition) is 7. The summed E-state index contributed by atoms with van der Waals surface area (Å²) in [5.41, 5.74) is -4.75. The zero-order valence-electron chi connectivity index (χ0n) is 23.8. The Morgan fingerprint density at radius 2 is 1.63 bits per heavy atom. The lowest BCUT2D eigenvalue weighted by molar-refractivity contribution is -0.0509. The number of allylic oxidation sites excluding steroid dienone is 1. The van der Waals surface area contributed by atoms with Crippen LogP contribution in [0.25, 0.3) is 5.76 Å². The number of esters is 1. The number of ether oxygens (including phenoxy) is 2.